The average molecular weight is 503 g/mol. The van der Waals surface area contributed by atoms with Crippen molar-refractivity contribution >= 4 is 29.1 Å². The molecule has 6 nitrogen and oxygen atoms in total. The maximum absolute atomic E-state index is 12.3. The van der Waals surface area contributed by atoms with Gasteiger partial charge in [0.05, 0.1) is 29.2 Å². The Bertz CT molecular complexity index is 1120. The first-order valence-electron chi connectivity index (χ1n) is 11.0. The van der Waals surface area contributed by atoms with Gasteiger partial charge in [-0.15, -0.1) is 0 Å². The minimum Gasteiger partial charge on any atom is -0.508 e. The number of benzene rings is 3. The Balaban J connectivity index is 1.43. The first-order chi connectivity index (χ1) is 16.4. The summed E-state index contributed by atoms with van der Waals surface area (Å²) in [5.74, 6) is -0.0741. The molecular weight excluding hydrogens is 475 g/mol. The molecule has 1 amide bonds. The van der Waals surface area contributed by atoms with Gasteiger partial charge in [-0.05, 0) is 59.5 Å². The molecule has 0 radical (unpaired) electrons. The number of carbonyl (C=O) groups is 1. The van der Waals surface area contributed by atoms with Crippen LogP contribution in [0, 0.1) is 0 Å². The van der Waals surface area contributed by atoms with Gasteiger partial charge in [0.2, 0.25) is 5.91 Å². The Hall–Kier alpha value is -2.61. The second-order valence-electron chi connectivity index (χ2n) is 8.04. The van der Waals surface area contributed by atoms with Crippen molar-refractivity contribution in [2.45, 2.75) is 32.1 Å². The maximum atomic E-state index is 12.3. The number of hydrogen-bond donors (Lipinski definition) is 5. The van der Waals surface area contributed by atoms with Crippen molar-refractivity contribution in [1.82, 2.24) is 10.6 Å². The van der Waals surface area contributed by atoms with Gasteiger partial charge < -0.3 is 26.0 Å². The van der Waals surface area contributed by atoms with Crippen LogP contribution in [-0.2, 0) is 30.8 Å². The third kappa shape index (κ3) is 7.72. The topological polar surface area (TPSA) is 102 Å². The largest absolute Gasteiger partial charge is 0.508 e. The normalized spacial score (nSPS) is 11.9. The zero-order valence-corrected chi connectivity index (χ0v) is 20.1. The minimum absolute atomic E-state index is 0.00866. The van der Waals surface area contributed by atoms with E-state index in [4.69, 9.17) is 23.2 Å². The van der Waals surface area contributed by atoms with Crippen LogP contribution in [0.15, 0.2) is 60.7 Å². The number of nitrogens with one attached hydrogen (secondary N) is 2. The highest BCUT2D eigenvalue weighted by Gasteiger charge is 2.10. The number of halogens is 2. The summed E-state index contributed by atoms with van der Waals surface area (Å²) >= 11 is 11.9. The Morgan fingerprint density at radius 3 is 2.50 bits per heavy atom. The number of amides is 1. The summed E-state index contributed by atoms with van der Waals surface area (Å²) in [6, 6.07) is 17.8. The molecule has 180 valence electrons. The maximum Gasteiger partial charge on any atom is 0.224 e. The molecule has 0 aromatic heterocycles. The molecule has 0 unspecified atom stereocenters. The van der Waals surface area contributed by atoms with Gasteiger partial charge in [0, 0.05) is 18.7 Å². The Kier molecular flexibility index (Phi) is 9.74. The fourth-order valence-electron chi connectivity index (χ4n) is 3.52. The zero-order valence-electron chi connectivity index (χ0n) is 18.6. The Morgan fingerprint density at radius 2 is 1.74 bits per heavy atom. The Labute approximate surface area is 209 Å². The minimum atomic E-state index is -0.753. The van der Waals surface area contributed by atoms with E-state index in [0.717, 1.165) is 23.1 Å². The molecule has 0 saturated carbocycles. The average Bonchev–Trinajstić information content (AvgIpc) is 2.83. The lowest BCUT2D eigenvalue weighted by atomic mass is 10.0. The third-order valence-electron chi connectivity index (χ3n) is 5.42. The highest BCUT2D eigenvalue weighted by molar-refractivity contribution is 6.42. The van der Waals surface area contributed by atoms with E-state index in [0.29, 0.717) is 40.8 Å². The standard InChI is InChI=1S/C26H28Cl2N2O4/c27-22-6-4-19(11-23(22)28)14-30-26(34)12-18-3-1-2-17(10-18)8-9-29-15-25(33)20-5-7-24(32)21(13-20)16-31/h1-7,10-11,13,25,29,31-33H,8-9,12,14-16H2,(H,30,34)/t25-/m1/s1. The monoisotopic (exact) mass is 502 g/mol. The van der Waals surface area contributed by atoms with Crippen molar-refractivity contribution < 1.29 is 20.1 Å². The number of rotatable bonds is 11. The van der Waals surface area contributed by atoms with E-state index in [9.17, 15) is 20.1 Å². The highest BCUT2D eigenvalue weighted by Crippen LogP contribution is 2.23. The summed E-state index contributed by atoms with van der Waals surface area (Å²) in [5.41, 5.74) is 3.90. The molecule has 3 aromatic carbocycles. The predicted molar refractivity (Wildman–Crippen MR) is 134 cm³/mol. The summed E-state index contributed by atoms with van der Waals surface area (Å²) in [7, 11) is 0. The smallest absolute Gasteiger partial charge is 0.224 e. The molecule has 0 aliphatic carbocycles. The molecule has 5 N–H and O–H groups in total. The summed E-state index contributed by atoms with van der Waals surface area (Å²) in [6.45, 7) is 1.08. The van der Waals surface area contributed by atoms with Gasteiger partial charge in [0.25, 0.3) is 0 Å². The summed E-state index contributed by atoms with van der Waals surface area (Å²) in [5, 5.41) is 36.3. The number of aliphatic hydroxyl groups excluding tert-OH is 2. The molecule has 0 bridgehead atoms. The highest BCUT2D eigenvalue weighted by atomic mass is 35.5. The lowest BCUT2D eigenvalue weighted by molar-refractivity contribution is -0.120. The van der Waals surface area contributed by atoms with E-state index in [1.807, 2.05) is 30.3 Å². The third-order valence-corrected chi connectivity index (χ3v) is 6.16. The second kappa shape index (κ2) is 12.7. The van der Waals surface area contributed by atoms with Crippen molar-refractivity contribution in [2.24, 2.45) is 0 Å². The number of hydrogen-bond acceptors (Lipinski definition) is 5. The van der Waals surface area contributed by atoms with Crippen LogP contribution >= 0.6 is 23.2 Å². The van der Waals surface area contributed by atoms with E-state index in [1.165, 1.54) is 6.07 Å². The summed E-state index contributed by atoms with van der Waals surface area (Å²) in [4.78, 5) is 12.3. The molecule has 3 aromatic rings. The molecule has 0 fully saturated rings. The first kappa shape index (κ1) is 26.0. The molecule has 1 atom stereocenters. The number of aliphatic hydroxyl groups is 2. The van der Waals surface area contributed by atoms with E-state index < -0.39 is 6.10 Å². The van der Waals surface area contributed by atoms with Crippen LogP contribution in [0.5, 0.6) is 5.75 Å². The van der Waals surface area contributed by atoms with E-state index in [2.05, 4.69) is 10.6 Å². The summed E-state index contributed by atoms with van der Waals surface area (Å²) < 4.78 is 0. The fraction of sp³-hybridized carbons (Fsp3) is 0.269. The SMILES string of the molecule is O=C(Cc1cccc(CCNC[C@@H](O)c2ccc(O)c(CO)c2)c1)NCc1ccc(Cl)c(Cl)c1. The lowest BCUT2D eigenvalue weighted by Crippen LogP contribution is -2.25. The lowest BCUT2D eigenvalue weighted by Gasteiger charge is -2.14. The van der Waals surface area contributed by atoms with Crippen LogP contribution in [0.3, 0.4) is 0 Å². The second-order valence-corrected chi connectivity index (χ2v) is 8.85. The number of carbonyl (C=O) groups excluding carboxylic acids is 1. The van der Waals surface area contributed by atoms with Crippen LogP contribution in [0.4, 0.5) is 0 Å². The van der Waals surface area contributed by atoms with E-state index >= 15 is 0 Å². The predicted octanol–water partition coefficient (Wildman–Crippen LogP) is 3.92. The van der Waals surface area contributed by atoms with Crippen molar-refractivity contribution in [3.63, 3.8) is 0 Å². The van der Waals surface area contributed by atoms with Crippen molar-refractivity contribution in [1.29, 1.82) is 0 Å². The van der Waals surface area contributed by atoms with Crippen LogP contribution in [-0.4, -0.2) is 34.3 Å². The van der Waals surface area contributed by atoms with Gasteiger partial charge in [-0.25, -0.2) is 0 Å². The zero-order chi connectivity index (χ0) is 24.5. The van der Waals surface area contributed by atoms with E-state index in [1.54, 1.807) is 24.3 Å². The fourth-order valence-corrected chi connectivity index (χ4v) is 3.84. The Morgan fingerprint density at radius 1 is 0.941 bits per heavy atom. The molecule has 0 spiro atoms. The van der Waals surface area contributed by atoms with Gasteiger partial charge in [-0.2, -0.15) is 0 Å². The summed E-state index contributed by atoms with van der Waals surface area (Å²) in [6.07, 6.45) is 0.259. The molecule has 0 saturated heterocycles. The molecule has 0 aliphatic heterocycles. The van der Waals surface area contributed by atoms with Crippen LogP contribution in [0.2, 0.25) is 10.0 Å². The van der Waals surface area contributed by atoms with E-state index in [-0.39, 0.29) is 24.7 Å². The molecule has 3 rings (SSSR count). The number of aromatic hydroxyl groups is 1. The molecule has 0 aliphatic rings. The molecule has 8 heteroatoms. The van der Waals surface area contributed by atoms with Crippen LogP contribution in [0.1, 0.15) is 33.9 Å². The van der Waals surface area contributed by atoms with Crippen molar-refractivity contribution in [3.05, 3.63) is 98.5 Å². The van der Waals surface area contributed by atoms with Gasteiger partial charge in [-0.1, -0.05) is 59.6 Å². The van der Waals surface area contributed by atoms with Crippen molar-refractivity contribution in [3.8, 4) is 5.75 Å². The van der Waals surface area contributed by atoms with Gasteiger partial charge >= 0.3 is 0 Å². The van der Waals surface area contributed by atoms with Gasteiger partial charge in [-0.3, -0.25) is 4.79 Å². The van der Waals surface area contributed by atoms with Crippen LogP contribution < -0.4 is 10.6 Å². The number of phenols is 1. The van der Waals surface area contributed by atoms with Crippen molar-refractivity contribution in [2.75, 3.05) is 13.1 Å². The van der Waals surface area contributed by atoms with Gasteiger partial charge in [0.15, 0.2) is 0 Å². The van der Waals surface area contributed by atoms with Gasteiger partial charge in [0.1, 0.15) is 5.75 Å². The molecule has 34 heavy (non-hydrogen) atoms. The molecule has 0 heterocycles. The first-order valence-corrected chi connectivity index (χ1v) is 11.7. The van der Waals surface area contributed by atoms with Crippen LogP contribution in [0.25, 0.3) is 0 Å². The quantitative estimate of drug-likeness (QED) is 0.256. The molecular formula is C26H28Cl2N2O4.